The Balaban J connectivity index is 1.76. The number of hydrogen-bond donors (Lipinski definition) is 0. The predicted molar refractivity (Wildman–Crippen MR) is 106 cm³/mol. The maximum absolute atomic E-state index is 11.2. The van der Waals surface area contributed by atoms with Gasteiger partial charge in [0, 0.05) is 18.3 Å². The van der Waals surface area contributed by atoms with E-state index in [9.17, 15) is 4.79 Å². The van der Waals surface area contributed by atoms with Crippen LogP contribution in [0.1, 0.15) is 37.5 Å². The number of anilines is 1. The summed E-state index contributed by atoms with van der Waals surface area (Å²) in [7, 11) is 2.09. The Kier molecular flexibility index (Phi) is 3.58. The Bertz CT molecular complexity index is 954. The van der Waals surface area contributed by atoms with Crippen LogP contribution in [0.4, 0.5) is 5.69 Å². The number of carbonyl (C=O) groups excluding carboxylic acids is 1. The molecule has 3 heteroatoms. The van der Waals surface area contributed by atoms with E-state index >= 15 is 0 Å². The van der Waals surface area contributed by atoms with E-state index < -0.39 is 5.72 Å². The first-order chi connectivity index (χ1) is 12.3. The molecule has 2 aliphatic heterocycles. The molecule has 0 bridgehead atoms. The van der Waals surface area contributed by atoms with Crippen LogP contribution in [0.2, 0.25) is 0 Å². The van der Waals surface area contributed by atoms with Crippen molar-refractivity contribution < 1.29 is 9.53 Å². The van der Waals surface area contributed by atoms with Gasteiger partial charge in [-0.05, 0) is 68.3 Å². The number of rotatable bonds is 2. The van der Waals surface area contributed by atoms with Gasteiger partial charge in [-0.3, -0.25) is 4.79 Å². The Morgan fingerprint density at radius 1 is 1.15 bits per heavy atom. The molecule has 2 heterocycles. The molecule has 0 saturated carbocycles. The van der Waals surface area contributed by atoms with Crippen molar-refractivity contribution in [3.05, 3.63) is 71.3 Å². The number of benzene rings is 2. The minimum atomic E-state index is -0.555. The Morgan fingerprint density at radius 2 is 1.92 bits per heavy atom. The SMILES string of the molecule is CC(=O)/C=C\c1ccc2c(c1)C=CC1(O2)N(C)c2ccccc2C1(C)C. The summed E-state index contributed by atoms with van der Waals surface area (Å²) < 4.78 is 6.62. The number of ketones is 1. The van der Waals surface area contributed by atoms with Gasteiger partial charge in [0.15, 0.2) is 5.78 Å². The van der Waals surface area contributed by atoms with Gasteiger partial charge in [-0.1, -0.05) is 30.3 Å². The van der Waals surface area contributed by atoms with Crippen molar-refractivity contribution in [3.63, 3.8) is 0 Å². The summed E-state index contributed by atoms with van der Waals surface area (Å²) in [5.74, 6) is 0.903. The lowest BCUT2D eigenvalue weighted by Crippen LogP contribution is -2.58. The van der Waals surface area contributed by atoms with E-state index in [1.807, 2.05) is 24.3 Å². The van der Waals surface area contributed by atoms with E-state index in [4.69, 9.17) is 4.74 Å². The first-order valence-corrected chi connectivity index (χ1v) is 8.89. The molecule has 0 radical (unpaired) electrons. The minimum Gasteiger partial charge on any atom is -0.463 e. The predicted octanol–water partition coefficient (Wildman–Crippen LogP) is 4.82. The van der Waals surface area contributed by atoms with Gasteiger partial charge in [0.2, 0.25) is 5.72 Å². The molecule has 4 rings (SSSR count). The van der Waals surface area contributed by atoms with Crippen molar-refractivity contribution in [2.75, 3.05) is 11.9 Å². The Hall–Kier alpha value is -2.81. The number of fused-ring (bicyclic) bond motifs is 2. The second-order valence-corrected chi connectivity index (χ2v) is 7.57. The summed E-state index contributed by atoms with van der Waals surface area (Å²) in [4.78, 5) is 13.4. The van der Waals surface area contributed by atoms with Crippen LogP contribution in [0.3, 0.4) is 0 Å². The Morgan fingerprint density at radius 3 is 2.65 bits per heavy atom. The highest BCUT2D eigenvalue weighted by Crippen LogP contribution is 2.54. The molecule has 3 nitrogen and oxygen atoms in total. The van der Waals surface area contributed by atoms with Crippen LogP contribution in [-0.2, 0) is 10.2 Å². The highest BCUT2D eigenvalue weighted by molar-refractivity contribution is 5.91. The van der Waals surface area contributed by atoms with Gasteiger partial charge in [0.25, 0.3) is 0 Å². The molecule has 0 fully saturated rings. The lowest BCUT2D eigenvalue weighted by molar-refractivity contribution is -0.112. The fourth-order valence-corrected chi connectivity index (χ4v) is 4.11. The molecule has 2 aromatic carbocycles. The van der Waals surface area contributed by atoms with E-state index in [1.54, 1.807) is 13.0 Å². The van der Waals surface area contributed by atoms with Crippen molar-refractivity contribution in [2.24, 2.45) is 0 Å². The molecule has 132 valence electrons. The van der Waals surface area contributed by atoms with E-state index in [0.29, 0.717) is 0 Å². The van der Waals surface area contributed by atoms with Crippen LogP contribution in [-0.4, -0.2) is 18.6 Å². The van der Waals surface area contributed by atoms with Crippen molar-refractivity contribution >= 4 is 23.6 Å². The fourth-order valence-electron chi connectivity index (χ4n) is 4.11. The largest absolute Gasteiger partial charge is 0.463 e. The van der Waals surface area contributed by atoms with Crippen LogP contribution in [0.15, 0.2) is 54.6 Å². The van der Waals surface area contributed by atoms with Gasteiger partial charge in [-0.2, -0.15) is 0 Å². The molecule has 2 aliphatic rings. The monoisotopic (exact) mass is 345 g/mol. The van der Waals surface area contributed by atoms with Gasteiger partial charge < -0.3 is 9.64 Å². The molecule has 2 aromatic rings. The van der Waals surface area contributed by atoms with Gasteiger partial charge in [0.05, 0.1) is 5.41 Å². The maximum Gasteiger partial charge on any atom is 0.211 e. The van der Waals surface area contributed by atoms with Crippen LogP contribution in [0.5, 0.6) is 5.75 Å². The number of hydrogen-bond acceptors (Lipinski definition) is 3. The first kappa shape index (κ1) is 16.6. The summed E-state index contributed by atoms with van der Waals surface area (Å²) in [6, 6.07) is 14.5. The zero-order valence-corrected chi connectivity index (χ0v) is 15.6. The van der Waals surface area contributed by atoms with Crippen LogP contribution in [0.25, 0.3) is 12.2 Å². The third-order valence-electron chi connectivity index (χ3n) is 5.63. The topological polar surface area (TPSA) is 29.5 Å². The van der Waals surface area contributed by atoms with Crippen molar-refractivity contribution in [1.82, 2.24) is 0 Å². The number of carbonyl (C=O) groups is 1. The maximum atomic E-state index is 11.2. The molecule has 0 N–H and O–H groups in total. The summed E-state index contributed by atoms with van der Waals surface area (Å²) in [6.07, 6.45) is 7.71. The normalized spacial score (nSPS) is 22.4. The molecule has 1 atom stereocenters. The van der Waals surface area contributed by atoms with Gasteiger partial charge in [-0.25, -0.2) is 0 Å². The first-order valence-electron chi connectivity index (χ1n) is 8.89. The Labute approximate surface area is 154 Å². The zero-order valence-electron chi connectivity index (χ0n) is 15.6. The molecule has 0 aliphatic carbocycles. The van der Waals surface area contributed by atoms with E-state index in [0.717, 1.165) is 16.9 Å². The molecule has 0 amide bonds. The summed E-state index contributed by atoms with van der Waals surface area (Å²) in [6.45, 7) is 6.01. The number of para-hydroxylation sites is 1. The summed E-state index contributed by atoms with van der Waals surface area (Å²) >= 11 is 0. The average molecular weight is 345 g/mol. The average Bonchev–Trinajstić information content (AvgIpc) is 2.79. The van der Waals surface area contributed by atoms with Crippen molar-refractivity contribution in [3.8, 4) is 5.75 Å². The molecule has 0 aromatic heterocycles. The third kappa shape index (κ3) is 2.23. The summed E-state index contributed by atoms with van der Waals surface area (Å²) in [5, 5.41) is 0. The molecule has 26 heavy (non-hydrogen) atoms. The molecular formula is C23H23NO2. The highest BCUT2D eigenvalue weighted by Gasteiger charge is 2.57. The minimum absolute atomic E-state index is 0.0422. The van der Waals surface area contributed by atoms with E-state index in [1.165, 1.54) is 11.3 Å². The van der Waals surface area contributed by atoms with E-state index in [-0.39, 0.29) is 11.2 Å². The third-order valence-corrected chi connectivity index (χ3v) is 5.63. The molecule has 1 spiro atoms. The molecule has 0 saturated heterocycles. The standard InChI is InChI=1S/C23H23NO2/c1-16(25)9-10-17-11-12-21-18(15-17)13-14-23(26-21)22(2,3)19-7-5-6-8-20(19)24(23)4/h5-15H,1-4H3/b10-9-. The number of likely N-dealkylation sites (N-methyl/N-ethyl adjacent to an activating group) is 1. The second-order valence-electron chi connectivity index (χ2n) is 7.57. The quantitative estimate of drug-likeness (QED) is 0.731. The van der Waals surface area contributed by atoms with Crippen molar-refractivity contribution in [2.45, 2.75) is 31.9 Å². The van der Waals surface area contributed by atoms with E-state index in [2.05, 4.69) is 62.2 Å². The molecule has 1 unspecified atom stereocenters. The highest BCUT2D eigenvalue weighted by atomic mass is 16.5. The zero-order chi connectivity index (χ0) is 18.5. The molecular weight excluding hydrogens is 322 g/mol. The van der Waals surface area contributed by atoms with Gasteiger partial charge in [-0.15, -0.1) is 0 Å². The van der Waals surface area contributed by atoms with Crippen LogP contribution < -0.4 is 9.64 Å². The fraction of sp³-hybridized carbons (Fsp3) is 0.261. The van der Waals surface area contributed by atoms with Crippen molar-refractivity contribution in [1.29, 1.82) is 0 Å². The van der Waals surface area contributed by atoms with Gasteiger partial charge in [0.1, 0.15) is 5.75 Å². The smallest absolute Gasteiger partial charge is 0.211 e. The number of ether oxygens (including phenoxy) is 1. The number of allylic oxidation sites excluding steroid dienone is 1. The van der Waals surface area contributed by atoms with Crippen LogP contribution >= 0.6 is 0 Å². The van der Waals surface area contributed by atoms with Crippen LogP contribution in [0, 0.1) is 0 Å². The lowest BCUT2D eigenvalue weighted by Gasteiger charge is -2.45. The number of nitrogens with zero attached hydrogens (tertiary/aromatic N) is 1. The summed E-state index contributed by atoms with van der Waals surface area (Å²) in [5.41, 5.74) is 3.76. The van der Waals surface area contributed by atoms with Gasteiger partial charge >= 0.3 is 0 Å². The lowest BCUT2D eigenvalue weighted by atomic mass is 9.76. The second kappa shape index (κ2) is 5.60.